The number of rotatable bonds is 6. The van der Waals surface area contributed by atoms with Gasteiger partial charge in [0.1, 0.15) is 17.6 Å². The van der Waals surface area contributed by atoms with Crippen LogP contribution < -0.4 is 4.74 Å². The number of benzene rings is 1. The molecule has 4 nitrogen and oxygen atoms in total. The molecule has 0 aliphatic carbocycles. The summed E-state index contributed by atoms with van der Waals surface area (Å²) < 4.78 is 5.04. The summed E-state index contributed by atoms with van der Waals surface area (Å²) in [5.74, 6) is -0.0278. The topological polar surface area (TPSA) is 63.6 Å². The van der Waals surface area contributed by atoms with Crippen molar-refractivity contribution in [1.82, 2.24) is 0 Å². The molecule has 0 spiro atoms. The molecule has 0 unspecified atom stereocenters. The minimum absolute atomic E-state index is 0.0446. The lowest BCUT2D eigenvalue weighted by Gasteiger charge is -2.11. The fourth-order valence-corrected chi connectivity index (χ4v) is 1.50. The highest BCUT2D eigenvalue weighted by molar-refractivity contribution is 6.01. The van der Waals surface area contributed by atoms with Crippen LogP contribution in [0.1, 0.15) is 30.1 Å². The highest BCUT2D eigenvalue weighted by Gasteiger charge is 2.20. The zero-order valence-corrected chi connectivity index (χ0v) is 9.97. The van der Waals surface area contributed by atoms with Crippen molar-refractivity contribution in [1.29, 1.82) is 0 Å². The van der Waals surface area contributed by atoms with E-state index in [2.05, 4.69) is 0 Å². The minimum atomic E-state index is -1.16. The van der Waals surface area contributed by atoms with E-state index < -0.39 is 11.9 Å². The van der Waals surface area contributed by atoms with Crippen molar-refractivity contribution in [3.63, 3.8) is 0 Å². The summed E-state index contributed by atoms with van der Waals surface area (Å²) >= 11 is 0. The first-order chi connectivity index (χ1) is 8.06. The lowest BCUT2D eigenvalue weighted by atomic mass is 10.0. The van der Waals surface area contributed by atoms with E-state index >= 15 is 0 Å². The molecule has 0 amide bonds. The normalized spacial score (nSPS) is 11.9. The van der Waals surface area contributed by atoms with Crippen LogP contribution in [0.4, 0.5) is 0 Å². The molecule has 1 aromatic rings. The van der Waals surface area contributed by atoms with Crippen molar-refractivity contribution in [2.24, 2.45) is 0 Å². The molecule has 1 aromatic carbocycles. The summed E-state index contributed by atoms with van der Waals surface area (Å²) in [4.78, 5) is 22.7. The molecule has 4 heteroatoms. The van der Waals surface area contributed by atoms with E-state index in [9.17, 15) is 14.7 Å². The van der Waals surface area contributed by atoms with Crippen molar-refractivity contribution >= 4 is 11.6 Å². The Kier molecular flexibility index (Phi) is 4.84. The van der Waals surface area contributed by atoms with Crippen LogP contribution in [0.15, 0.2) is 24.3 Å². The first kappa shape index (κ1) is 13.4. The second-order valence-electron chi connectivity index (χ2n) is 3.82. The van der Waals surface area contributed by atoms with Crippen LogP contribution in [0.2, 0.25) is 0 Å². The fraction of sp³-hybridized carbons (Fsp3) is 0.385. The summed E-state index contributed by atoms with van der Waals surface area (Å²) in [5.41, 5.74) is 0.339. The van der Waals surface area contributed by atoms with Crippen molar-refractivity contribution in [3.8, 4) is 5.75 Å². The van der Waals surface area contributed by atoms with Gasteiger partial charge in [0, 0.05) is 6.42 Å². The van der Waals surface area contributed by atoms with Crippen LogP contribution in [0.3, 0.4) is 0 Å². The molecule has 0 saturated carbocycles. The molecule has 1 rings (SSSR count). The molecule has 0 bridgehead atoms. The maximum Gasteiger partial charge on any atom is 0.194 e. The molecule has 0 fully saturated rings. The number of ketones is 2. The van der Waals surface area contributed by atoms with Crippen LogP contribution in [-0.4, -0.2) is 29.9 Å². The SMILES string of the molecule is COc1ccccc1C(=O)[C@H](O)CCC(C)=O. The van der Waals surface area contributed by atoms with Gasteiger partial charge in [-0.3, -0.25) is 4.79 Å². The van der Waals surface area contributed by atoms with Crippen LogP contribution in [0, 0.1) is 0 Å². The van der Waals surface area contributed by atoms with E-state index in [-0.39, 0.29) is 18.6 Å². The Labute approximate surface area is 100 Å². The first-order valence-corrected chi connectivity index (χ1v) is 5.41. The smallest absolute Gasteiger partial charge is 0.194 e. The number of hydrogen-bond acceptors (Lipinski definition) is 4. The van der Waals surface area contributed by atoms with E-state index in [1.165, 1.54) is 14.0 Å². The maximum absolute atomic E-state index is 11.9. The van der Waals surface area contributed by atoms with Crippen LogP contribution in [-0.2, 0) is 4.79 Å². The molecular weight excluding hydrogens is 220 g/mol. The second kappa shape index (κ2) is 6.15. The summed E-state index contributed by atoms with van der Waals surface area (Å²) in [6, 6.07) is 6.70. The third-order valence-corrected chi connectivity index (χ3v) is 2.44. The zero-order chi connectivity index (χ0) is 12.8. The third-order valence-electron chi connectivity index (χ3n) is 2.44. The molecule has 0 aliphatic rings. The van der Waals surface area contributed by atoms with Gasteiger partial charge in [-0.15, -0.1) is 0 Å². The standard InChI is InChI=1S/C13H16O4/c1-9(14)7-8-11(15)13(16)10-5-3-4-6-12(10)17-2/h3-6,11,15H,7-8H2,1-2H3/t11-/m1/s1. The average Bonchev–Trinajstić information content (AvgIpc) is 2.34. The number of aliphatic hydroxyl groups is 1. The predicted molar refractivity (Wildman–Crippen MR) is 63.2 cm³/mol. The van der Waals surface area contributed by atoms with Gasteiger partial charge in [-0.2, -0.15) is 0 Å². The van der Waals surface area contributed by atoms with Crippen molar-refractivity contribution in [3.05, 3.63) is 29.8 Å². The van der Waals surface area contributed by atoms with Gasteiger partial charge in [-0.05, 0) is 25.5 Å². The van der Waals surface area contributed by atoms with Crippen LogP contribution in [0.5, 0.6) is 5.75 Å². The molecule has 0 aromatic heterocycles. The lowest BCUT2D eigenvalue weighted by molar-refractivity contribution is -0.117. The number of hydrogen-bond donors (Lipinski definition) is 1. The number of Topliss-reactive ketones (excluding diaryl/α,β-unsaturated/α-hetero) is 2. The Morgan fingerprint density at radius 3 is 2.59 bits per heavy atom. The summed E-state index contributed by atoms with van der Waals surface area (Å²) in [6.45, 7) is 1.43. The quantitative estimate of drug-likeness (QED) is 0.762. The van der Waals surface area contributed by atoms with Crippen molar-refractivity contribution < 1.29 is 19.4 Å². The van der Waals surface area contributed by atoms with Gasteiger partial charge in [0.15, 0.2) is 5.78 Å². The van der Waals surface area contributed by atoms with E-state index in [1.807, 2.05) is 0 Å². The first-order valence-electron chi connectivity index (χ1n) is 5.41. The Morgan fingerprint density at radius 1 is 1.35 bits per heavy atom. The van der Waals surface area contributed by atoms with E-state index in [1.54, 1.807) is 24.3 Å². The van der Waals surface area contributed by atoms with Gasteiger partial charge in [0.25, 0.3) is 0 Å². The van der Waals surface area contributed by atoms with E-state index in [0.717, 1.165) is 0 Å². The molecule has 1 atom stereocenters. The average molecular weight is 236 g/mol. The van der Waals surface area contributed by atoms with Gasteiger partial charge in [0.05, 0.1) is 12.7 Å². The molecule has 17 heavy (non-hydrogen) atoms. The number of methoxy groups -OCH3 is 1. The predicted octanol–water partition coefficient (Wildman–Crippen LogP) is 1.61. The Morgan fingerprint density at radius 2 is 2.00 bits per heavy atom. The van der Waals surface area contributed by atoms with Gasteiger partial charge in [-0.1, -0.05) is 12.1 Å². The number of carbonyl (C=O) groups is 2. The van der Waals surface area contributed by atoms with Gasteiger partial charge in [0.2, 0.25) is 0 Å². The third kappa shape index (κ3) is 3.67. The summed E-state index contributed by atoms with van der Waals surface area (Å²) in [5, 5.41) is 9.68. The Balaban J connectivity index is 2.77. The van der Waals surface area contributed by atoms with Gasteiger partial charge < -0.3 is 14.6 Å². The molecule has 0 saturated heterocycles. The van der Waals surface area contributed by atoms with Crippen LogP contribution >= 0.6 is 0 Å². The van der Waals surface area contributed by atoms with Crippen molar-refractivity contribution in [2.75, 3.05) is 7.11 Å². The monoisotopic (exact) mass is 236 g/mol. The van der Waals surface area contributed by atoms with E-state index in [4.69, 9.17) is 4.74 Å². The zero-order valence-electron chi connectivity index (χ0n) is 9.97. The van der Waals surface area contributed by atoms with E-state index in [0.29, 0.717) is 11.3 Å². The highest BCUT2D eigenvalue weighted by atomic mass is 16.5. The second-order valence-corrected chi connectivity index (χ2v) is 3.82. The number of ether oxygens (including phenoxy) is 1. The number of aliphatic hydroxyl groups excluding tert-OH is 1. The summed E-state index contributed by atoms with van der Waals surface area (Å²) in [6.07, 6.45) is -0.816. The molecule has 0 aliphatic heterocycles. The van der Waals surface area contributed by atoms with Crippen molar-refractivity contribution in [2.45, 2.75) is 25.9 Å². The Bertz CT molecular complexity index is 412. The minimum Gasteiger partial charge on any atom is -0.496 e. The molecule has 1 N–H and O–H groups in total. The summed E-state index contributed by atoms with van der Waals surface area (Å²) in [7, 11) is 1.47. The number of para-hydroxylation sites is 1. The molecular formula is C13H16O4. The number of carbonyl (C=O) groups excluding carboxylic acids is 2. The molecule has 0 heterocycles. The van der Waals surface area contributed by atoms with Crippen LogP contribution in [0.25, 0.3) is 0 Å². The van der Waals surface area contributed by atoms with Gasteiger partial charge in [-0.25, -0.2) is 0 Å². The Hall–Kier alpha value is -1.68. The molecule has 0 radical (unpaired) electrons. The molecule has 92 valence electrons. The fourth-order valence-electron chi connectivity index (χ4n) is 1.50. The lowest BCUT2D eigenvalue weighted by Crippen LogP contribution is -2.21. The van der Waals surface area contributed by atoms with Gasteiger partial charge >= 0.3 is 0 Å². The maximum atomic E-state index is 11.9. The largest absolute Gasteiger partial charge is 0.496 e. The highest BCUT2D eigenvalue weighted by Crippen LogP contribution is 2.20.